The Bertz CT molecular complexity index is 496. The average molecular weight is 285 g/mol. The SMILES string of the molecule is Cc1cc(C(=O)c2cnn(C)c2)sc1Br. The number of halogens is 1. The number of rotatable bonds is 2. The number of aryl methyl sites for hydroxylation is 2. The van der Waals surface area contributed by atoms with Gasteiger partial charge in [0.25, 0.3) is 0 Å². The van der Waals surface area contributed by atoms with Crippen molar-refractivity contribution in [3.8, 4) is 0 Å². The van der Waals surface area contributed by atoms with Gasteiger partial charge in [-0.1, -0.05) is 0 Å². The molecule has 0 amide bonds. The molecular formula is C10H9BrN2OS. The summed E-state index contributed by atoms with van der Waals surface area (Å²) in [6.45, 7) is 1.97. The van der Waals surface area contributed by atoms with E-state index in [0.29, 0.717) is 5.56 Å². The van der Waals surface area contributed by atoms with E-state index in [4.69, 9.17) is 0 Å². The highest BCUT2D eigenvalue weighted by atomic mass is 79.9. The molecule has 2 aromatic heterocycles. The first-order valence-corrected chi connectivity index (χ1v) is 5.98. The molecule has 0 aliphatic heterocycles. The Balaban J connectivity index is 2.36. The molecule has 5 heteroatoms. The number of ketones is 1. The molecule has 0 bridgehead atoms. The second-order valence-corrected chi connectivity index (χ2v) is 5.67. The molecule has 0 N–H and O–H groups in total. The standard InChI is InChI=1S/C10H9BrN2OS/c1-6-3-8(15-10(6)11)9(14)7-4-12-13(2)5-7/h3-5H,1-2H3. The van der Waals surface area contributed by atoms with Crippen molar-refractivity contribution in [2.45, 2.75) is 6.92 Å². The Morgan fingerprint density at radius 1 is 1.60 bits per heavy atom. The molecule has 0 unspecified atom stereocenters. The van der Waals surface area contributed by atoms with Crippen LogP contribution < -0.4 is 0 Å². The van der Waals surface area contributed by atoms with Crippen LogP contribution in [-0.2, 0) is 7.05 Å². The van der Waals surface area contributed by atoms with Gasteiger partial charge < -0.3 is 0 Å². The van der Waals surface area contributed by atoms with E-state index >= 15 is 0 Å². The van der Waals surface area contributed by atoms with E-state index in [9.17, 15) is 4.79 Å². The molecule has 2 rings (SSSR count). The van der Waals surface area contributed by atoms with Crippen LogP contribution >= 0.6 is 27.3 Å². The Morgan fingerprint density at radius 2 is 2.33 bits per heavy atom. The minimum Gasteiger partial charge on any atom is -0.288 e. The fourth-order valence-electron chi connectivity index (χ4n) is 1.25. The van der Waals surface area contributed by atoms with Crippen LogP contribution in [0, 0.1) is 6.92 Å². The van der Waals surface area contributed by atoms with Gasteiger partial charge in [-0.25, -0.2) is 0 Å². The number of carbonyl (C=O) groups is 1. The van der Waals surface area contributed by atoms with Crippen molar-refractivity contribution in [1.82, 2.24) is 9.78 Å². The van der Waals surface area contributed by atoms with Crippen molar-refractivity contribution < 1.29 is 4.79 Å². The topological polar surface area (TPSA) is 34.9 Å². The van der Waals surface area contributed by atoms with Crippen LogP contribution in [-0.4, -0.2) is 15.6 Å². The number of aromatic nitrogens is 2. The molecule has 0 aliphatic rings. The summed E-state index contributed by atoms with van der Waals surface area (Å²) in [5.41, 5.74) is 1.72. The van der Waals surface area contributed by atoms with Crippen LogP contribution in [0.3, 0.4) is 0 Å². The highest BCUT2D eigenvalue weighted by Gasteiger charge is 2.14. The summed E-state index contributed by atoms with van der Waals surface area (Å²) in [7, 11) is 1.80. The summed E-state index contributed by atoms with van der Waals surface area (Å²) in [5, 5.41) is 3.98. The minimum atomic E-state index is 0.0295. The lowest BCUT2D eigenvalue weighted by Gasteiger charge is -1.90. The lowest BCUT2D eigenvalue weighted by Crippen LogP contribution is -1.96. The largest absolute Gasteiger partial charge is 0.288 e. The van der Waals surface area contributed by atoms with Gasteiger partial charge >= 0.3 is 0 Å². The zero-order chi connectivity index (χ0) is 11.0. The molecule has 0 fully saturated rings. The molecule has 2 aromatic rings. The first kappa shape index (κ1) is 10.6. The third-order valence-electron chi connectivity index (χ3n) is 2.05. The molecule has 15 heavy (non-hydrogen) atoms. The quantitative estimate of drug-likeness (QED) is 0.795. The third kappa shape index (κ3) is 2.03. The highest BCUT2D eigenvalue weighted by Crippen LogP contribution is 2.28. The van der Waals surface area contributed by atoms with Gasteiger partial charge in [0.1, 0.15) is 0 Å². The number of carbonyl (C=O) groups excluding carboxylic acids is 1. The normalized spacial score (nSPS) is 10.6. The van der Waals surface area contributed by atoms with E-state index in [0.717, 1.165) is 14.2 Å². The van der Waals surface area contributed by atoms with Gasteiger partial charge in [-0.2, -0.15) is 5.10 Å². The first-order valence-electron chi connectivity index (χ1n) is 4.37. The molecule has 0 aromatic carbocycles. The second-order valence-electron chi connectivity index (χ2n) is 3.30. The predicted molar refractivity (Wildman–Crippen MR) is 63.4 cm³/mol. The Kier molecular flexibility index (Phi) is 2.75. The van der Waals surface area contributed by atoms with E-state index in [1.54, 1.807) is 24.1 Å². The van der Waals surface area contributed by atoms with Crippen molar-refractivity contribution in [1.29, 1.82) is 0 Å². The first-order chi connectivity index (χ1) is 7.08. The van der Waals surface area contributed by atoms with E-state index in [-0.39, 0.29) is 5.78 Å². The van der Waals surface area contributed by atoms with Crippen LogP contribution in [0.1, 0.15) is 20.8 Å². The maximum atomic E-state index is 12.0. The molecule has 0 aliphatic carbocycles. The predicted octanol–water partition coefficient (Wildman–Crippen LogP) is 2.78. The van der Waals surface area contributed by atoms with Crippen LogP contribution in [0.15, 0.2) is 22.2 Å². The molecule has 0 spiro atoms. The summed E-state index contributed by atoms with van der Waals surface area (Å²) >= 11 is 4.86. The maximum absolute atomic E-state index is 12.0. The number of hydrogen-bond donors (Lipinski definition) is 0. The van der Waals surface area contributed by atoms with E-state index in [1.165, 1.54) is 11.3 Å². The van der Waals surface area contributed by atoms with Gasteiger partial charge in [-0.05, 0) is 34.5 Å². The van der Waals surface area contributed by atoms with Gasteiger partial charge in [-0.15, -0.1) is 11.3 Å². The molecule has 0 radical (unpaired) electrons. The minimum absolute atomic E-state index is 0.0295. The van der Waals surface area contributed by atoms with Crippen molar-refractivity contribution >= 4 is 33.0 Å². The molecule has 0 saturated carbocycles. The van der Waals surface area contributed by atoms with Gasteiger partial charge in [-0.3, -0.25) is 9.48 Å². The van der Waals surface area contributed by atoms with Crippen LogP contribution in [0.25, 0.3) is 0 Å². The van der Waals surface area contributed by atoms with Gasteiger partial charge in [0.05, 0.1) is 20.4 Å². The lowest BCUT2D eigenvalue weighted by molar-refractivity contribution is 0.104. The van der Waals surface area contributed by atoms with Crippen molar-refractivity contribution in [3.63, 3.8) is 0 Å². The zero-order valence-corrected chi connectivity index (χ0v) is 10.7. The Hall–Kier alpha value is -0.940. The van der Waals surface area contributed by atoms with Gasteiger partial charge in [0.2, 0.25) is 5.78 Å². The number of hydrogen-bond acceptors (Lipinski definition) is 3. The van der Waals surface area contributed by atoms with Crippen LogP contribution in [0.5, 0.6) is 0 Å². The van der Waals surface area contributed by atoms with Crippen molar-refractivity contribution in [2.24, 2.45) is 7.05 Å². The fraction of sp³-hybridized carbons (Fsp3) is 0.200. The second kappa shape index (κ2) is 3.90. The third-order valence-corrected chi connectivity index (χ3v) is 4.18. The summed E-state index contributed by atoms with van der Waals surface area (Å²) in [6, 6.07) is 1.89. The maximum Gasteiger partial charge on any atom is 0.206 e. The van der Waals surface area contributed by atoms with E-state index in [1.807, 2.05) is 13.0 Å². The molecule has 2 heterocycles. The van der Waals surface area contributed by atoms with Gasteiger partial charge in [0.15, 0.2) is 0 Å². The van der Waals surface area contributed by atoms with Crippen molar-refractivity contribution in [2.75, 3.05) is 0 Å². The van der Waals surface area contributed by atoms with Gasteiger partial charge in [0, 0.05) is 13.2 Å². The number of thiophene rings is 1. The summed E-state index contributed by atoms with van der Waals surface area (Å²) in [6.07, 6.45) is 3.32. The lowest BCUT2D eigenvalue weighted by atomic mass is 10.2. The number of nitrogens with zero attached hydrogens (tertiary/aromatic N) is 2. The highest BCUT2D eigenvalue weighted by molar-refractivity contribution is 9.11. The summed E-state index contributed by atoms with van der Waals surface area (Å²) in [4.78, 5) is 12.7. The van der Waals surface area contributed by atoms with Crippen LogP contribution in [0.4, 0.5) is 0 Å². The smallest absolute Gasteiger partial charge is 0.206 e. The fourth-order valence-corrected chi connectivity index (χ4v) is 2.75. The van der Waals surface area contributed by atoms with E-state index < -0.39 is 0 Å². The van der Waals surface area contributed by atoms with Crippen molar-refractivity contribution in [3.05, 3.63) is 38.3 Å². The molecular weight excluding hydrogens is 276 g/mol. The van der Waals surface area contributed by atoms with E-state index in [2.05, 4.69) is 21.0 Å². The molecule has 0 saturated heterocycles. The summed E-state index contributed by atoms with van der Waals surface area (Å²) in [5.74, 6) is 0.0295. The average Bonchev–Trinajstić information content (AvgIpc) is 2.74. The monoisotopic (exact) mass is 284 g/mol. The molecule has 3 nitrogen and oxygen atoms in total. The zero-order valence-electron chi connectivity index (χ0n) is 8.32. The Labute approximate surface area is 99.9 Å². The Morgan fingerprint density at radius 3 is 2.80 bits per heavy atom. The molecule has 0 atom stereocenters. The summed E-state index contributed by atoms with van der Waals surface area (Å²) < 4.78 is 2.64. The molecule has 78 valence electrons. The van der Waals surface area contributed by atoms with Crippen LogP contribution in [0.2, 0.25) is 0 Å².